The number of aryl methyl sites for hydroxylation is 2. The number of aromatic nitrogens is 2. The fraction of sp³-hybridized carbons (Fsp3) is 0.105. The smallest absolute Gasteiger partial charge is 0.291 e. The van der Waals surface area contributed by atoms with Crippen LogP contribution in [0, 0.1) is 13.8 Å². The number of nitrogens with zero attached hydrogens (tertiary/aromatic N) is 4. The number of carbonyl (C=O) groups is 1. The molecule has 0 atom stereocenters. The number of phenolic OH excluding ortho intramolecular Hbond substituents is 1. The summed E-state index contributed by atoms with van der Waals surface area (Å²) in [6.45, 7) is 3.69. The summed E-state index contributed by atoms with van der Waals surface area (Å²) in [6, 6.07) is 11.6. The molecule has 0 fully saturated rings. The summed E-state index contributed by atoms with van der Waals surface area (Å²) < 4.78 is 0. The summed E-state index contributed by atoms with van der Waals surface area (Å²) in [6.07, 6.45) is 1.31. The predicted octanol–water partition coefficient (Wildman–Crippen LogP) is 4.56. The molecule has 9 heteroatoms. The third-order valence-corrected chi connectivity index (χ3v) is 4.16. The molecule has 3 rings (SSSR count). The predicted molar refractivity (Wildman–Crippen MR) is 107 cm³/mol. The number of aromatic amines is 1. The van der Waals surface area contributed by atoms with Crippen LogP contribution in [0.1, 0.15) is 27.3 Å². The lowest BCUT2D eigenvalue weighted by Crippen LogP contribution is -2.18. The first-order chi connectivity index (χ1) is 13.4. The highest BCUT2D eigenvalue weighted by Crippen LogP contribution is 2.26. The minimum Gasteiger partial charge on any atom is -0.507 e. The Morgan fingerprint density at radius 3 is 2.54 bits per heavy atom. The topological polar surface area (TPSA) is 115 Å². The van der Waals surface area contributed by atoms with Crippen molar-refractivity contribution in [1.29, 1.82) is 0 Å². The molecule has 0 saturated carbocycles. The van der Waals surface area contributed by atoms with E-state index in [0.29, 0.717) is 22.0 Å². The van der Waals surface area contributed by atoms with Gasteiger partial charge in [0.2, 0.25) is 0 Å². The van der Waals surface area contributed by atoms with E-state index in [1.165, 1.54) is 12.3 Å². The molecule has 0 aliphatic rings. The van der Waals surface area contributed by atoms with Crippen molar-refractivity contribution in [3.05, 3.63) is 70.0 Å². The second-order valence-electron chi connectivity index (χ2n) is 6.01. The zero-order valence-corrected chi connectivity index (χ0v) is 15.9. The van der Waals surface area contributed by atoms with Crippen molar-refractivity contribution in [2.45, 2.75) is 13.8 Å². The molecule has 0 aliphatic heterocycles. The molecule has 3 N–H and O–H groups in total. The molecule has 142 valence electrons. The Balaban J connectivity index is 1.71. The number of phenols is 1. The lowest BCUT2D eigenvalue weighted by atomic mass is 10.2. The highest BCUT2D eigenvalue weighted by atomic mass is 35.5. The Morgan fingerprint density at radius 2 is 1.86 bits per heavy atom. The van der Waals surface area contributed by atoms with E-state index >= 15 is 0 Å². The first-order valence-corrected chi connectivity index (χ1v) is 8.66. The van der Waals surface area contributed by atoms with Gasteiger partial charge in [0.15, 0.2) is 5.69 Å². The number of amides is 1. The molecule has 0 radical (unpaired) electrons. The Hall–Kier alpha value is -3.52. The van der Waals surface area contributed by atoms with E-state index in [9.17, 15) is 9.90 Å². The highest BCUT2D eigenvalue weighted by molar-refractivity contribution is 6.31. The second kappa shape index (κ2) is 8.45. The number of hydrogen-bond acceptors (Lipinski definition) is 6. The van der Waals surface area contributed by atoms with E-state index in [1.54, 1.807) is 37.3 Å². The van der Waals surface area contributed by atoms with Crippen molar-refractivity contribution in [3.63, 3.8) is 0 Å². The van der Waals surface area contributed by atoms with E-state index in [0.717, 1.165) is 11.3 Å². The number of carbonyl (C=O) groups excluding carboxylic acids is 1. The lowest BCUT2D eigenvalue weighted by molar-refractivity contribution is 0.0950. The van der Waals surface area contributed by atoms with Crippen molar-refractivity contribution >= 4 is 35.1 Å². The van der Waals surface area contributed by atoms with Gasteiger partial charge in [0.05, 0.1) is 17.6 Å². The summed E-state index contributed by atoms with van der Waals surface area (Å²) >= 11 is 6.08. The fourth-order valence-corrected chi connectivity index (χ4v) is 2.39. The van der Waals surface area contributed by atoms with Crippen molar-refractivity contribution in [1.82, 2.24) is 15.6 Å². The van der Waals surface area contributed by atoms with Crippen LogP contribution in [0.2, 0.25) is 5.02 Å². The standard InChI is InChI=1S/C19H17ClN6O2/c1-11-3-4-15(9-16(11)20)24-23-14-5-6-18(27)13(8-14)10-21-26-19(28)17-7-12(2)22-25-17/h3-10,27H,1-2H3,(H,22,25)(H,26,28). The van der Waals surface area contributed by atoms with Gasteiger partial charge >= 0.3 is 0 Å². The van der Waals surface area contributed by atoms with Crippen molar-refractivity contribution in [2.75, 3.05) is 0 Å². The van der Waals surface area contributed by atoms with E-state index < -0.39 is 5.91 Å². The number of nitrogens with one attached hydrogen (secondary N) is 2. The molecule has 0 spiro atoms. The van der Waals surface area contributed by atoms with Gasteiger partial charge in [-0.1, -0.05) is 17.7 Å². The molecule has 0 aliphatic carbocycles. The number of H-pyrrole nitrogens is 1. The average molecular weight is 397 g/mol. The maximum Gasteiger partial charge on any atom is 0.291 e. The molecule has 2 aromatic carbocycles. The zero-order chi connectivity index (χ0) is 20.1. The second-order valence-corrected chi connectivity index (χ2v) is 6.42. The minimum absolute atomic E-state index is 0.00839. The van der Waals surface area contributed by atoms with E-state index in [2.05, 4.69) is 31.0 Å². The molecule has 0 unspecified atom stereocenters. The minimum atomic E-state index is -0.466. The monoisotopic (exact) mass is 396 g/mol. The quantitative estimate of drug-likeness (QED) is 0.333. The van der Waals surface area contributed by atoms with Gasteiger partial charge in [-0.3, -0.25) is 9.89 Å². The van der Waals surface area contributed by atoms with Crippen LogP contribution in [0.5, 0.6) is 5.75 Å². The Morgan fingerprint density at radius 1 is 1.14 bits per heavy atom. The van der Waals surface area contributed by atoms with E-state index in [4.69, 9.17) is 11.6 Å². The van der Waals surface area contributed by atoms with Gasteiger partial charge in [-0.05, 0) is 55.8 Å². The number of hydrogen-bond donors (Lipinski definition) is 3. The lowest BCUT2D eigenvalue weighted by Gasteiger charge is -2.01. The van der Waals surface area contributed by atoms with Crippen molar-refractivity contribution < 1.29 is 9.90 Å². The summed E-state index contributed by atoms with van der Waals surface area (Å²) in [5, 5.41) is 29.2. The Bertz CT molecular complexity index is 1070. The van der Waals surface area contributed by atoms with Crippen LogP contribution in [-0.4, -0.2) is 27.4 Å². The maximum atomic E-state index is 11.9. The van der Waals surface area contributed by atoms with Crippen molar-refractivity contribution in [3.8, 4) is 5.75 Å². The summed E-state index contributed by atoms with van der Waals surface area (Å²) in [5.74, 6) is -0.474. The highest BCUT2D eigenvalue weighted by Gasteiger charge is 2.08. The Kier molecular flexibility index (Phi) is 5.81. The molecule has 1 amide bonds. The Labute approximate surface area is 166 Å². The van der Waals surface area contributed by atoms with Gasteiger partial charge in [0.25, 0.3) is 5.91 Å². The van der Waals surface area contributed by atoms with Crippen molar-refractivity contribution in [2.24, 2.45) is 15.3 Å². The summed E-state index contributed by atoms with van der Waals surface area (Å²) in [4.78, 5) is 11.9. The number of hydrazone groups is 1. The molecular formula is C19H17ClN6O2. The number of rotatable bonds is 5. The summed E-state index contributed by atoms with van der Waals surface area (Å²) in [7, 11) is 0. The van der Waals surface area contributed by atoms with E-state index in [-0.39, 0.29) is 11.4 Å². The SMILES string of the molecule is Cc1cc(C(=O)NN=Cc2cc(N=Nc3ccc(C)c(Cl)c3)ccc2O)n[nH]1. The molecule has 0 saturated heterocycles. The maximum absolute atomic E-state index is 11.9. The van der Waals surface area contributed by atoms with Crippen LogP contribution in [0.4, 0.5) is 11.4 Å². The van der Waals surface area contributed by atoms with E-state index in [1.807, 2.05) is 13.0 Å². The number of benzene rings is 2. The zero-order valence-electron chi connectivity index (χ0n) is 15.1. The number of azo groups is 1. The van der Waals surface area contributed by atoms with Crippen LogP contribution in [0.25, 0.3) is 0 Å². The molecule has 1 heterocycles. The van der Waals surface area contributed by atoms with Crippen LogP contribution in [0.15, 0.2) is 57.8 Å². The van der Waals surface area contributed by atoms with Crippen LogP contribution in [0.3, 0.4) is 0 Å². The number of halogens is 1. The van der Waals surface area contributed by atoms with Crippen LogP contribution in [-0.2, 0) is 0 Å². The van der Waals surface area contributed by atoms with Gasteiger partial charge in [0.1, 0.15) is 5.75 Å². The van der Waals surface area contributed by atoms with Crippen LogP contribution >= 0.6 is 11.6 Å². The van der Waals surface area contributed by atoms with Gasteiger partial charge in [0, 0.05) is 16.3 Å². The largest absolute Gasteiger partial charge is 0.507 e. The third kappa shape index (κ3) is 4.80. The molecule has 1 aromatic heterocycles. The number of aromatic hydroxyl groups is 1. The first-order valence-electron chi connectivity index (χ1n) is 8.29. The molecule has 8 nitrogen and oxygen atoms in total. The van der Waals surface area contributed by atoms with Gasteiger partial charge in [-0.25, -0.2) is 5.43 Å². The molecule has 3 aromatic rings. The van der Waals surface area contributed by atoms with Gasteiger partial charge in [-0.2, -0.15) is 20.4 Å². The van der Waals surface area contributed by atoms with Crippen LogP contribution < -0.4 is 5.43 Å². The first kappa shape index (κ1) is 19.2. The fourth-order valence-electron chi connectivity index (χ4n) is 2.22. The summed E-state index contributed by atoms with van der Waals surface area (Å²) in [5.41, 5.74) is 5.77. The van der Waals surface area contributed by atoms with Gasteiger partial charge < -0.3 is 5.11 Å². The third-order valence-electron chi connectivity index (χ3n) is 3.76. The molecule has 0 bridgehead atoms. The van der Waals surface area contributed by atoms with Gasteiger partial charge in [-0.15, -0.1) is 0 Å². The molecular weight excluding hydrogens is 380 g/mol. The average Bonchev–Trinajstić information content (AvgIpc) is 3.11. The molecule has 28 heavy (non-hydrogen) atoms. The normalized spacial score (nSPS) is 11.4.